The van der Waals surface area contributed by atoms with E-state index in [2.05, 4.69) is 25.1 Å². The second kappa shape index (κ2) is 10.6. The highest BCUT2D eigenvalue weighted by atomic mass is 32.2. The third-order valence-electron chi connectivity index (χ3n) is 6.21. The Morgan fingerprint density at radius 2 is 1.70 bits per heavy atom. The summed E-state index contributed by atoms with van der Waals surface area (Å²) in [6.07, 6.45) is 1.72. The zero-order valence-electron chi connectivity index (χ0n) is 22.0. The fourth-order valence-electron chi connectivity index (χ4n) is 4.02. The number of anilines is 2. The maximum Gasteiger partial charge on any atom is 0.321 e. The Hall–Kier alpha value is -5.04. The van der Waals surface area contributed by atoms with Crippen LogP contribution in [-0.2, 0) is 17.1 Å². The number of fused-ring (bicyclic) bond motifs is 1. The van der Waals surface area contributed by atoms with E-state index < -0.39 is 10.0 Å². The molecule has 0 aliphatic heterocycles. The van der Waals surface area contributed by atoms with Crippen LogP contribution in [0.1, 0.15) is 16.1 Å². The minimum Gasteiger partial charge on any atom is -0.481 e. The van der Waals surface area contributed by atoms with Crippen LogP contribution in [-0.4, -0.2) is 53.3 Å². The van der Waals surface area contributed by atoms with E-state index in [-0.39, 0.29) is 28.5 Å². The predicted molar refractivity (Wildman–Crippen MR) is 149 cm³/mol. The van der Waals surface area contributed by atoms with Crippen LogP contribution in [0.15, 0.2) is 71.8 Å². The number of ether oxygens (including phenoxy) is 2. The molecule has 1 amide bonds. The summed E-state index contributed by atoms with van der Waals surface area (Å²) < 4.78 is 40.1. The van der Waals surface area contributed by atoms with Crippen molar-refractivity contribution in [2.45, 2.75) is 11.8 Å². The predicted octanol–water partition coefficient (Wildman–Crippen LogP) is 3.80. The Kier molecular flexibility index (Phi) is 7.05. The van der Waals surface area contributed by atoms with Crippen LogP contribution in [0.5, 0.6) is 11.9 Å². The zero-order chi connectivity index (χ0) is 28.4. The maximum atomic E-state index is 13.4. The molecule has 204 valence electrons. The number of benzene rings is 2. The number of nitrogens with one attached hydrogen (secondary N) is 2. The average Bonchev–Trinajstić information content (AvgIpc) is 3.29. The van der Waals surface area contributed by atoms with Crippen LogP contribution in [0.3, 0.4) is 0 Å². The van der Waals surface area contributed by atoms with Gasteiger partial charge in [-0.15, -0.1) is 0 Å². The molecule has 0 saturated heterocycles. The van der Waals surface area contributed by atoms with Gasteiger partial charge in [0.2, 0.25) is 5.88 Å². The number of sulfonamides is 1. The van der Waals surface area contributed by atoms with Crippen LogP contribution in [0, 0.1) is 6.92 Å². The quantitative estimate of drug-likeness (QED) is 0.289. The lowest BCUT2D eigenvalue weighted by Gasteiger charge is -2.12. The van der Waals surface area contributed by atoms with E-state index >= 15 is 0 Å². The maximum absolute atomic E-state index is 13.4. The van der Waals surface area contributed by atoms with E-state index in [4.69, 9.17) is 14.5 Å². The molecule has 2 aromatic carbocycles. The molecule has 0 aliphatic carbocycles. The summed E-state index contributed by atoms with van der Waals surface area (Å²) in [5.41, 5.74) is 3.86. The molecule has 12 nitrogen and oxygen atoms in total. The minimum absolute atomic E-state index is 0.0229. The molecule has 0 radical (unpaired) electrons. The van der Waals surface area contributed by atoms with E-state index in [1.165, 1.54) is 44.6 Å². The number of aromatic nitrogens is 5. The first-order valence-corrected chi connectivity index (χ1v) is 13.5. The van der Waals surface area contributed by atoms with Crippen molar-refractivity contribution in [2.24, 2.45) is 7.05 Å². The molecule has 0 saturated carbocycles. The molecule has 0 spiro atoms. The number of pyridine rings is 1. The lowest BCUT2D eigenvalue weighted by Crippen LogP contribution is -2.15. The Morgan fingerprint density at radius 3 is 2.38 bits per heavy atom. The van der Waals surface area contributed by atoms with Crippen molar-refractivity contribution in [3.8, 4) is 23.1 Å². The summed E-state index contributed by atoms with van der Waals surface area (Å²) in [6.45, 7) is 1.93. The second-order valence-electron chi connectivity index (χ2n) is 8.71. The molecule has 3 heterocycles. The van der Waals surface area contributed by atoms with Crippen LogP contribution in [0.25, 0.3) is 22.2 Å². The van der Waals surface area contributed by atoms with Gasteiger partial charge < -0.3 is 14.8 Å². The molecule has 0 aliphatic rings. The van der Waals surface area contributed by atoms with E-state index in [0.29, 0.717) is 27.8 Å². The van der Waals surface area contributed by atoms with Gasteiger partial charge in [-0.05, 0) is 43.3 Å². The molecule has 13 heteroatoms. The van der Waals surface area contributed by atoms with Crippen molar-refractivity contribution in [3.63, 3.8) is 0 Å². The Morgan fingerprint density at radius 1 is 0.950 bits per heavy atom. The van der Waals surface area contributed by atoms with E-state index in [0.717, 1.165) is 11.3 Å². The fraction of sp³-hybridized carbons (Fsp3) is 0.148. The molecule has 0 fully saturated rings. The van der Waals surface area contributed by atoms with Crippen molar-refractivity contribution < 1.29 is 22.7 Å². The first-order valence-electron chi connectivity index (χ1n) is 12.0. The van der Waals surface area contributed by atoms with Gasteiger partial charge in [-0.3, -0.25) is 14.2 Å². The summed E-state index contributed by atoms with van der Waals surface area (Å²) in [7, 11) is 0.581. The fourth-order valence-corrected chi connectivity index (χ4v) is 5.01. The second-order valence-corrected chi connectivity index (χ2v) is 10.4. The topological polar surface area (TPSA) is 150 Å². The van der Waals surface area contributed by atoms with Gasteiger partial charge in [0.15, 0.2) is 5.82 Å². The molecule has 40 heavy (non-hydrogen) atoms. The smallest absolute Gasteiger partial charge is 0.321 e. The number of carbonyl (C=O) groups is 1. The van der Waals surface area contributed by atoms with Crippen molar-refractivity contribution in [3.05, 3.63) is 78.1 Å². The van der Waals surface area contributed by atoms with Crippen LogP contribution in [0.4, 0.5) is 11.5 Å². The molecule has 5 aromatic rings. The Balaban J connectivity index is 1.40. The van der Waals surface area contributed by atoms with Gasteiger partial charge in [0.1, 0.15) is 0 Å². The SMILES string of the molecule is COc1cc(NS(=O)(=O)c2ccc(NC(=O)c3cc(-c4cnn(C)c4C)nc4ccccc34)cc2)nc(OC)n1. The Labute approximate surface area is 230 Å². The molecule has 5 rings (SSSR count). The largest absolute Gasteiger partial charge is 0.481 e. The highest BCUT2D eigenvalue weighted by Gasteiger charge is 2.19. The number of rotatable bonds is 8. The van der Waals surface area contributed by atoms with Gasteiger partial charge in [0.25, 0.3) is 15.9 Å². The number of carbonyl (C=O) groups excluding carboxylic acids is 1. The zero-order valence-corrected chi connectivity index (χ0v) is 22.9. The normalized spacial score (nSPS) is 11.3. The number of nitrogens with zero attached hydrogens (tertiary/aromatic N) is 5. The van der Waals surface area contributed by atoms with E-state index in [9.17, 15) is 13.2 Å². The molecule has 0 atom stereocenters. The lowest BCUT2D eigenvalue weighted by atomic mass is 10.0. The standard InChI is InChI=1S/C27H25N7O5S/c1-16-21(15-28-34(16)2)23-13-20(19-7-5-6-8-22(19)30-23)26(35)29-17-9-11-18(12-10-17)40(36,37)33-24-14-25(38-3)32-27(31-24)39-4/h5-15H,1-4H3,(H,29,35)(H,31,32,33). The van der Waals surface area contributed by atoms with Crippen molar-refractivity contribution in [1.29, 1.82) is 0 Å². The van der Waals surface area contributed by atoms with Crippen molar-refractivity contribution in [2.75, 3.05) is 24.3 Å². The minimum atomic E-state index is -4.01. The molecule has 3 aromatic heterocycles. The first-order chi connectivity index (χ1) is 19.2. The summed E-state index contributed by atoms with van der Waals surface area (Å²) in [5, 5.41) is 7.82. The number of aryl methyl sites for hydroxylation is 1. The van der Waals surface area contributed by atoms with Crippen molar-refractivity contribution >= 4 is 38.3 Å². The third kappa shape index (κ3) is 5.27. The van der Waals surface area contributed by atoms with Crippen LogP contribution < -0.4 is 19.5 Å². The number of hydrogen-bond acceptors (Lipinski definition) is 9. The van der Waals surface area contributed by atoms with Gasteiger partial charge in [-0.2, -0.15) is 15.1 Å². The van der Waals surface area contributed by atoms with Gasteiger partial charge in [0, 0.05) is 35.4 Å². The van der Waals surface area contributed by atoms with Crippen molar-refractivity contribution in [1.82, 2.24) is 24.7 Å². The lowest BCUT2D eigenvalue weighted by molar-refractivity contribution is 0.102. The molecule has 2 N–H and O–H groups in total. The van der Waals surface area contributed by atoms with Gasteiger partial charge in [-0.1, -0.05) is 18.2 Å². The summed E-state index contributed by atoms with van der Waals surface area (Å²) in [6, 6.07) is 16.1. The van der Waals surface area contributed by atoms with E-state index in [1.54, 1.807) is 16.9 Å². The number of para-hydroxylation sites is 1. The Bertz CT molecular complexity index is 1810. The van der Waals surface area contributed by atoms with Gasteiger partial charge in [-0.25, -0.2) is 13.4 Å². The number of methoxy groups -OCH3 is 2. The average molecular weight is 560 g/mol. The number of amides is 1. The van der Waals surface area contributed by atoms with Crippen LogP contribution >= 0.6 is 0 Å². The first kappa shape index (κ1) is 26.6. The third-order valence-corrected chi connectivity index (χ3v) is 7.58. The van der Waals surface area contributed by atoms with Gasteiger partial charge >= 0.3 is 6.01 Å². The monoisotopic (exact) mass is 559 g/mol. The molecular formula is C27H25N7O5S. The van der Waals surface area contributed by atoms with Gasteiger partial charge in [0.05, 0.1) is 42.1 Å². The molecule has 0 unspecified atom stereocenters. The summed E-state index contributed by atoms with van der Waals surface area (Å²) in [4.78, 5) is 26.0. The van der Waals surface area contributed by atoms with Crippen LogP contribution in [0.2, 0.25) is 0 Å². The van der Waals surface area contributed by atoms with E-state index in [1.807, 2.05) is 38.2 Å². The molecular weight excluding hydrogens is 534 g/mol. The summed E-state index contributed by atoms with van der Waals surface area (Å²) >= 11 is 0. The summed E-state index contributed by atoms with van der Waals surface area (Å²) in [5.74, 6) is -0.256. The highest BCUT2D eigenvalue weighted by molar-refractivity contribution is 7.92. The number of hydrogen-bond donors (Lipinski definition) is 2. The molecule has 0 bridgehead atoms. The highest BCUT2D eigenvalue weighted by Crippen LogP contribution is 2.28.